The first-order valence-electron chi connectivity index (χ1n) is 5.88. The lowest BCUT2D eigenvalue weighted by Gasteiger charge is -2.08. The molecule has 2 aromatic rings. The van der Waals surface area contributed by atoms with E-state index >= 15 is 0 Å². The van der Waals surface area contributed by atoms with E-state index in [-0.39, 0.29) is 5.54 Å². The van der Waals surface area contributed by atoms with Crippen molar-refractivity contribution in [2.24, 2.45) is 5.73 Å². The van der Waals surface area contributed by atoms with Crippen LogP contribution in [0.25, 0.3) is 5.65 Å². The minimum atomic E-state index is 0.133. The van der Waals surface area contributed by atoms with Gasteiger partial charge < -0.3 is 10.1 Å². The number of imidazole rings is 1. The van der Waals surface area contributed by atoms with Crippen LogP contribution in [0.15, 0.2) is 24.5 Å². The standard InChI is InChI=1S/C13H17N3/c1-10-9-16-8-2-3-11(12(16)15-10)4-5-13(14)6-7-13/h2-3,8-9H,4-7,14H2,1H3. The molecule has 0 aliphatic heterocycles. The maximum atomic E-state index is 6.12. The number of aromatic nitrogens is 2. The van der Waals surface area contributed by atoms with E-state index in [9.17, 15) is 0 Å². The highest BCUT2D eigenvalue weighted by Crippen LogP contribution is 2.36. The van der Waals surface area contributed by atoms with E-state index in [0.717, 1.165) is 24.2 Å². The number of fused-ring (bicyclic) bond motifs is 1. The predicted octanol–water partition coefficient (Wildman–Crippen LogP) is 2.07. The highest BCUT2D eigenvalue weighted by molar-refractivity contribution is 5.49. The summed E-state index contributed by atoms with van der Waals surface area (Å²) in [5, 5.41) is 0. The second-order valence-electron chi connectivity index (χ2n) is 5.01. The van der Waals surface area contributed by atoms with Gasteiger partial charge in [-0.2, -0.15) is 0 Å². The number of hydrogen-bond acceptors (Lipinski definition) is 2. The summed E-state index contributed by atoms with van der Waals surface area (Å²) in [7, 11) is 0. The smallest absolute Gasteiger partial charge is 0.140 e. The molecule has 0 bridgehead atoms. The highest BCUT2D eigenvalue weighted by atomic mass is 15.0. The van der Waals surface area contributed by atoms with Gasteiger partial charge in [0.25, 0.3) is 0 Å². The first kappa shape index (κ1) is 9.85. The first-order chi connectivity index (χ1) is 7.66. The van der Waals surface area contributed by atoms with E-state index in [0.29, 0.717) is 0 Å². The van der Waals surface area contributed by atoms with Crippen LogP contribution in [-0.4, -0.2) is 14.9 Å². The molecule has 1 fully saturated rings. The molecule has 16 heavy (non-hydrogen) atoms. The van der Waals surface area contributed by atoms with Crippen LogP contribution in [-0.2, 0) is 6.42 Å². The monoisotopic (exact) mass is 215 g/mol. The lowest BCUT2D eigenvalue weighted by atomic mass is 10.1. The Labute approximate surface area is 95.3 Å². The predicted molar refractivity (Wildman–Crippen MR) is 64.4 cm³/mol. The minimum absolute atomic E-state index is 0.133. The van der Waals surface area contributed by atoms with Crippen LogP contribution in [0.5, 0.6) is 0 Å². The summed E-state index contributed by atoms with van der Waals surface area (Å²) in [4.78, 5) is 4.56. The summed E-state index contributed by atoms with van der Waals surface area (Å²) < 4.78 is 2.10. The van der Waals surface area contributed by atoms with Gasteiger partial charge in [-0.1, -0.05) is 6.07 Å². The van der Waals surface area contributed by atoms with Crippen molar-refractivity contribution in [2.75, 3.05) is 0 Å². The topological polar surface area (TPSA) is 43.3 Å². The van der Waals surface area contributed by atoms with E-state index < -0.39 is 0 Å². The molecule has 0 spiro atoms. The SMILES string of the molecule is Cc1cn2cccc(CCC3(N)CC3)c2n1. The van der Waals surface area contributed by atoms with Gasteiger partial charge in [-0.15, -0.1) is 0 Å². The summed E-state index contributed by atoms with van der Waals surface area (Å²) in [6.07, 6.45) is 8.60. The molecule has 2 N–H and O–H groups in total. The van der Waals surface area contributed by atoms with Crippen molar-refractivity contribution in [3.8, 4) is 0 Å². The zero-order chi connectivity index (χ0) is 11.2. The van der Waals surface area contributed by atoms with Gasteiger partial charge in [0.05, 0.1) is 5.69 Å². The summed E-state index contributed by atoms with van der Waals surface area (Å²) in [6.45, 7) is 2.03. The molecular formula is C13H17N3. The molecular weight excluding hydrogens is 198 g/mol. The second kappa shape index (κ2) is 3.32. The van der Waals surface area contributed by atoms with E-state index in [1.807, 2.05) is 13.1 Å². The lowest BCUT2D eigenvalue weighted by Crippen LogP contribution is -2.22. The van der Waals surface area contributed by atoms with Crippen LogP contribution in [0, 0.1) is 6.92 Å². The fourth-order valence-electron chi connectivity index (χ4n) is 2.18. The third kappa shape index (κ3) is 1.71. The normalized spacial score (nSPS) is 17.9. The van der Waals surface area contributed by atoms with Crippen molar-refractivity contribution in [1.29, 1.82) is 0 Å². The quantitative estimate of drug-likeness (QED) is 0.851. The maximum Gasteiger partial charge on any atom is 0.140 e. The molecule has 0 saturated heterocycles. The molecule has 0 amide bonds. The Balaban J connectivity index is 1.90. The Morgan fingerprint density at radius 2 is 2.31 bits per heavy atom. The lowest BCUT2D eigenvalue weighted by molar-refractivity contribution is 0.609. The van der Waals surface area contributed by atoms with Gasteiger partial charge in [0.2, 0.25) is 0 Å². The molecule has 3 nitrogen and oxygen atoms in total. The fourth-order valence-corrected chi connectivity index (χ4v) is 2.18. The molecule has 1 saturated carbocycles. The van der Waals surface area contributed by atoms with E-state index in [1.165, 1.54) is 18.4 Å². The number of aryl methyl sites for hydroxylation is 2. The van der Waals surface area contributed by atoms with Crippen LogP contribution >= 0.6 is 0 Å². The molecule has 0 atom stereocenters. The number of hydrogen-bond donors (Lipinski definition) is 1. The Morgan fingerprint density at radius 1 is 1.50 bits per heavy atom. The highest BCUT2D eigenvalue weighted by Gasteiger charge is 2.37. The van der Waals surface area contributed by atoms with Gasteiger partial charge in [0, 0.05) is 17.9 Å². The molecule has 0 radical (unpaired) electrons. The van der Waals surface area contributed by atoms with Gasteiger partial charge >= 0.3 is 0 Å². The second-order valence-corrected chi connectivity index (χ2v) is 5.01. The molecule has 2 heterocycles. The molecule has 84 valence electrons. The summed E-state index contributed by atoms with van der Waals surface area (Å²) >= 11 is 0. The van der Waals surface area contributed by atoms with Gasteiger partial charge in [0.1, 0.15) is 5.65 Å². The van der Waals surface area contributed by atoms with Crippen LogP contribution in [0.2, 0.25) is 0 Å². The summed E-state index contributed by atoms with van der Waals surface area (Å²) in [5.74, 6) is 0. The zero-order valence-electron chi connectivity index (χ0n) is 9.61. The van der Waals surface area contributed by atoms with Crippen LogP contribution in [0.1, 0.15) is 30.5 Å². The molecule has 2 aromatic heterocycles. The number of nitrogens with zero attached hydrogens (tertiary/aromatic N) is 2. The number of pyridine rings is 1. The van der Waals surface area contributed by atoms with Gasteiger partial charge in [-0.05, 0) is 44.2 Å². The van der Waals surface area contributed by atoms with Gasteiger partial charge in [0.15, 0.2) is 0 Å². The van der Waals surface area contributed by atoms with Crippen LogP contribution in [0.4, 0.5) is 0 Å². The van der Waals surface area contributed by atoms with Crippen molar-refractivity contribution >= 4 is 5.65 Å². The third-order valence-corrected chi connectivity index (χ3v) is 3.47. The van der Waals surface area contributed by atoms with Crippen molar-refractivity contribution in [3.63, 3.8) is 0 Å². The van der Waals surface area contributed by atoms with E-state index in [1.54, 1.807) is 0 Å². The Bertz CT molecular complexity index is 523. The van der Waals surface area contributed by atoms with E-state index in [2.05, 4.69) is 27.7 Å². The molecule has 3 rings (SSSR count). The van der Waals surface area contributed by atoms with Crippen molar-refractivity contribution in [3.05, 3.63) is 35.8 Å². The first-order valence-corrected chi connectivity index (χ1v) is 5.88. The van der Waals surface area contributed by atoms with Crippen LogP contribution < -0.4 is 5.73 Å². The van der Waals surface area contributed by atoms with Gasteiger partial charge in [-0.3, -0.25) is 0 Å². The van der Waals surface area contributed by atoms with Crippen molar-refractivity contribution in [1.82, 2.24) is 9.38 Å². The maximum absolute atomic E-state index is 6.12. The minimum Gasteiger partial charge on any atom is -0.325 e. The largest absolute Gasteiger partial charge is 0.325 e. The average Bonchev–Trinajstić information content (AvgIpc) is 2.86. The average molecular weight is 215 g/mol. The summed E-state index contributed by atoms with van der Waals surface area (Å²) in [5.41, 5.74) is 9.72. The zero-order valence-corrected chi connectivity index (χ0v) is 9.61. The van der Waals surface area contributed by atoms with E-state index in [4.69, 9.17) is 5.73 Å². The Kier molecular flexibility index (Phi) is 2.04. The molecule has 0 aromatic carbocycles. The Hall–Kier alpha value is -1.35. The van der Waals surface area contributed by atoms with Crippen LogP contribution in [0.3, 0.4) is 0 Å². The molecule has 0 unspecified atom stereocenters. The fraction of sp³-hybridized carbons (Fsp3) is 0.462. The Morgan fingerprint density at radius 3 is 3.06 bits per heavy atom. The third-order valence-electron chi connectivity index (χ3n) is 3.47. The molecule has 1 aliphatic rings. The van der Waals surface area contributed by atoms with Gasteiger partial charge in [-0.25, -0.2) is 4.98 Å². The summed E-state index contributed by atoms with van der Waals surface area (Å²) in [6, 6.07) is 4.24. The number of rotatable bonds is 3. The molecule has 1 aliphatic carbocycles. The van der Waals surface area contributed by atoms with Crippen molar-refractivity contribution in [2.45, 2.75) is 38.1 Å². The number of nitrogens with two attached hydrogens (primary N) is 1. The van der Waals surface area contributed by atoms with Crippen molar-refractivity contribution < 1.29 is 0 Å². The molecule has 3 heteroatoms.